The molecule has 0 aromatic carbocycles. The number of nitrogens with one attached hydrogen (secondary N) is 2. The number of aromatic nitrogens is 4. The van der Waals surface area contributed by atoms with Crippen molar-refractivity contribution in [3.63, 3.8) is 0 Å². The number of anilines is 1. The zero-order chi connectivity index (χ0) is 18.8. The maximum Gasteiger partial charge on any atom is 0.305 e. The molecule has 3 heterocycles. The third-order valence-corrected chi connectivity index (χ3v) is 4.00. The molecule has 0 unspecified atom stereocenters. The normalized spacial score (nSPS) is 12.5. The van der Waals surface area contributed by atoms with Gasteiger partial charge < -0.3 is 15.4 Å². The van der Waals surface area contributed by atoms with E-state index < -0.39 is 23.6 Å². The van der Waals surface area contributed by atoms with Crippen LogP contribution in [0.25, 0.3) is 22.4 Å². The lowest BCUT2D eigenvalue weighted by Gasteiger charge is -2.21. The maximum absolute atomic E-state index is 14.1. The van der Waals surface area contributed by atoms with Crippen LogP contribution in [0, 0.1) is 17.6 Å². The Hall–Kier alpha value is -3.10. The van der Waals surface area contributed by atoms with Crippen molar-refractivity contribution in [3.05, 3.63) is 36.3 Å². The van der Waals surface area contributed by atoms with E-state index in [9.17, 15) is 13.6 Å². The molecule has 0 aliphatic rings. The molecule has 0 saturated heterocycles. The molecule has 0 spiro atoms. The van der Waals surface area contributed by atoms with E-state index in [0.29, 0.717) is 16.6 Å². The molecule has 26 heavy (non-hydrogen) atoms. The van der Waals surface area contributed by atoms with E-state index in [1.54, 1.807) is 6.20 Å². The summed E-state index contributed by atoms with van der Waals surface area (Å²) >= 11 is 0. The second-order valence-electron chi connectivity index (χ2n) is 6.23. The van der Waals surface area contributed by atoms with Crippen molar-refractivity contribution in [2.75, 3.05) is 5.32 Å². The summed E-state index contributed by atoms with van der Waals surface area (Å²) in [6.45, 7) is 3.66. The summed E-state index contributed by atoms with van der Waals surface area (Å²) in [5.41, 5.74) is 0.921. The number of aromatic amines is 1. The standard InChI is InChI=1S/C17H17F2N5O2/c1-8(2)13(4-14(25)26)23-17-12(19)7-22-16(24-17)11-6-21-15-10(11)3-9(18)5-20-15/h3,5-8,13H,4H2,1-2H3,(H,20,21)(H,25,26)(H,22,23,24)/t13-/m1/s1. The summed E-state index contributed by atoms with van der Waals surface area (Å²) in [6.07, 6.45) is 3.46. The molecule has 0 amide bonds. The molecule has 0 fully saturated rings. The van der Waals surface area contributed by atoms with Crippen molar-refractivity contribution in [2.24, 2.45) is 5.92 Å². The third kappa shape index (κ3) is 3.61. The highest BCUT2D eigenvalue weighted by Gasteiger charge is 2.20. The number of hydrogen-bond acceptors (Lipinski definition) is 5. The van der Waals surface area contributed by atoms with E-state index in [1.807, 2.05) is 13.8 Å². The van der Waals surface area contributed by atoms with Gasteiger partial charge in [0, 0.05) is 23.2 Å². The molecule has 3 rings (SSSR count). The molecular formula is C17H17F2N5O2. The molecule has 9 heteroatoms. The number of rotatable bonds is 6. The first-order valence-electron chi connectivity index (χ1n) is 7.99. The van der Waals surface area contributed by atoms with Crippen LogP contribution in [-0.2, 0) is 4.79 Å². The fourth-order valence-corrected chi connectivity index (χ4v) is 2.58. The van der Waals surface area contributed by atoms with Crippen molar-refractivity contribution < 1.29 is 18.7 Å². The zero-order valence-corrected chi connectivity index (χ0v) is 14.1. The van der Waals surface area contributed by atoms with E-state index in [0.717, 1.165) is 12.4 Å². The summed E-state index contributed by atoms with van der Waals surface area (Å²) in [5.74, 6) is -2.20. The van der Waals surface area contributed by atoms with Gasteiger partial charge in [-0.3, -0.25) is 4.79 Å². The van der Waals surface area contributed by atoms with Crippen LogP contribution in [0.2, 0.25) is 0 Å². The Bertz CT molecular complexity index is 957. The molecule has 0 aliphatic heterocycles. The van der Waals surface area contributed by atoms with Gasteiger partial charge in [0.05, 0.1) is 18.8 Å². The second kappa shape index (κ2) is 7.03. The maximum atomic E-state index is 14.1. The van der Waals surface area contributed by atoms with Crippen molar-refractivity contribution in [1.82, 2.24) is 19.9 Å². The van der Waals surface area contributed by atoms with Crippen LogP contribution in [0.5, 0.6) is 0 Å². The van der Waals surface area contributed by atoms with E-state index in [2.05, 4.69) is 25.3 Å². The fourth-order valence-electron chi connectivity index (χ4n) is 2.58. The Labute approximate surface area is 147 Å². The predicted molar refractivity (Wildman–Crippen MR) is 91.5 cm³/mol. The number of fused-ring (bicyclic) bond motifs is 1. The summed E-state index contributed by atoms with van der Waals surface area (Å²) in [4.78, 5) is 25.9. The predicted octanol–water partition coefficient (Wildman–Crippen LogP) is 3.21. The molecule has 0 saturated carbocycles. The highest BCUT2D eigenvalue weighted by Crippen LogP contribution is 2.27. The summed E-state index contributed by atoms with van der Waals surface area (Å²) in [5, 5.41) is 12.3. The summed E-state index contributed by atoms with van der Waals surface area (Å²) < 4.78 is 27.6. The van der Waals surface area contributed by atoms with Gasteiger partial charge in [-0.2, -0.15) is 0 Å². The van der Waals surface area contributed by atoms with Gasteiger partial charge in [-0.05, 0) is 12.0 Å². The van der Waals surface area contributed by atoms with Gasteiger partial charge in [0.1, 0.15) is 11.5 Å². The lowest BCUT2D eigenvalue weighted by atomic mass is 10.0. The molecule has 0 bridgehead atoms. The van der Waals surface area contributed by atoms with Gasteiger partial charge in [0.25, 0.3) is 0 Å². The number of hydrogen-bond donors (Lipinski definition) is 3. The molecular weight excluding hydrogens is 344 g/mol. The topological polar surface area (TPSA) is 104 Å². The summed E-state index contributed by atoms with van der Waals surface area (Å²) in [6, 6.07) is 0.779. The van der Waals surface area contributed by atoms with Gasteiger partial charge in [-0.25, -0.2) is 23.7 Å². The minimum absolute atomic E-state index is 0.0599. The zero-order valence-electron chi connectivity index (χ0n) is 14.1. The molecule has 3 N–H and O–H groups in total. The van der Waals surface area contributed by atoms with Gasteiger partial charge in [0.15, 0.2) is 17.5 Å². The van der Waals surface area contributed by atoms with Crippen LogP contribution in [0.1, 0.15) is 20.3 Å². The Balaban J connectivity index is 1.99. The third-order valence-electron chi connectivity index (χ3n) is 4.00. The van der Waals surface area contributed by atoms with Crippen molar-refractivity contribution in [1.29, 1.82) is 0 Å². The minimum Gasteiger partial charge on any atom is -0.481 e. The van der Waals surface area contributed by atoms with E-state index >= 15 is 0 Å². The number of pyridine rings is 1. The number of carboxylic acid groups (broad SMARTS) is 1. The van der Waals surface area contributed by atoms with Crippen LogP contribution >= 0.6 is 0 Å². The first-order valence-corrected chi connectivity index (χ1v) is 7.99. The molecule has 136 valence electrons. The Kier molecular flexibility index (Phi) is 4.79. The van der Waals surface area contributed by atoms with Gasteiger partial charge in [-0.15, -0.1) is 0 Å². The molecule has 3 aromatic rings. The second-order valence-corrected chi connectivity index (χ2v) is 6.23. The van der Waals surface area contributed by atoms with Crippen LogP contribution in [0.15, 0.2) is 24.7 Å². The van der Waals surface area contributed by atoms with Crippen molar-refractivity contribution >= 4 is 22.8 Å². The Morgan fingerprint density at radius 3 is 2.77 bits per heavy atom. The Morgan fingerprint density at radius 1 is 1.31 bits per heavy atom. The number of halogens is 2. The van der Waals surface area contributed by atoms with Crippen molar-refractivity contribution in [2.45, 2.75) is 26.3 Å². The lowest BCUT2D eigenvalue weighted by molar-refractivity contribution is -0.137. The van der Waals surface area contributed by atoms with Crippen LogP contribution < -0.4 is 5.32 Å². The van der Waals surface area contributed by atoms with Crippen LogP contribution in [-0.4, -0.2) is 37.1 Å². The average molecular weight is 361 g/mol. The number of aliphatic carboxylic acids is 1. The average Bonchev–Trinajstić information content (AvgIpc) is 2.98. The highest BCUT2D eigenvalue weighted by atomic mass is 19.1. The van der Waals surface area contributed by atoms with E-state index in [4.69, 9.17) is 5.11 Å². The van der Waals surface area contributed by atoms with E-state index in [1.165, 1.54) is 6.07 Å². The smallest absolute Gasteiger partial charge is 0.305 e. The van der Waals surface area contributed by atoms with E-state index in [-0.39, 0.29) is 24.0 Å². The molecule has 3 aromatic heterocycles. The first-order chi connectivity index (χ1) is 12.3. The Morgan fingerprint density at radius 2 is 2.08 bits per heavy atom. The minimum atomic E-state index is -0.996. The van der Waals surface area contributed by atoms with Gasteiger partial charge >= 0.3 is 5.97 Å². The van der Waals surface area contributed by atoms with Gasteiger partial charge in [-0.1, -0.05) is 13.8 Å². The first kappa shape index (κ1) is 17.7. The van der Waals surface area contributed by atoms with Crippen LogP contribution in [0.4, 0.5) is 14.6 Å². The largest absolute Gasteiger partial charge is 0.481 e. The number of carboxylic acids is 1. The lowest BCUT2D eigenvalue weighted by Crippen LogP contribution is -2.29. The molecule has 7 nitrogen and oxygen atoms in total. The molecule has 1 atom stereocenters. The number of H-pyrrole nitrogens is 1. The number of nitrogens with zero attached hydrogens (tertiary/aromatic N) is 3. The number of carbonyl (C=O) groups is 1. The van der Waals surface area contributed by atoms with Crippen molar-refractivity contribution in [3.8, 4) is 11.4 Å². The summed E-state index contributed by atoms with van der Waals surface area (Å²) in [7, 11) is 0. The van der Waals surface area contributed by atoms with Crippen LogP contribution in [0.3, 0.4) is 0 Å². The highest BCUT2D eigenvalue weighted by molar-refractivity contribution is 5.91. The SMILES string of the molecule is CC(C)[C@@H](CC(=O)O)Nc1nc(-c2c[nH]c3ncc(F)cc23)ncc1F. The molecule has 0 radical (unpaired) electrons. The molecule has 0 aliphatic carbocycles. The van der Waals surface area contributed by atoms with Gasteiger partial charge in [0.2, 0.25) is 0 Å². The quantitative estimate of drug-likeness (QED) is 0.623. The monoisotopic (exact) mass is 361 g/mol. The fraction of sp³-hybridized carbons (Fsp3) is 0.294.